The van der Waals surface area contributed by atoms with Crippen molar-refractivity contribution in [1.29, 1.82) is 0 Å². The smallest absolute Gasteiger partial charge is 0.325 e. The van der Waals surface area contributed by atoms with Gasteiger partial charge in [-0.05, 0) is 42.9 Å². The number of benzene rings is 1. The van der Waals surface area contributed by atoms with Gasteiger partial charge in [0.15, 0.2) is 0 Å². The Kier molecular flexibility index (Phi) is 5.82. The average molecular weight is 371 g/mol. The summed E-state index contributed by atoms with van der Waals surface area (Å²) in [6.07, 6.45) is 6.39. The Morgan fingerprint density at radius 1 is 1.15 bits per heavy atom. The molecule has 1 atom stereocenters. The summed E-state index contributed by atoms with van der Waals surface area (Å²) in [5.74, 6) is -0.145. The number of nitrogens with one attached hydrogen (secondary N) is 2. The van der Waals surface area contributed by atoms with Crippen molar-refractivity contribution in [1.82, 2.24) is 10.2 Å². The van der Waals surface area contributed by atoms with E-state index in [1.807, 2.05) is 24.3 Å². The summed E-state index contributed by atoms with van der Waals surface area (Å²) in [5.41, 5.74) is 1.09. The average Bonchev–Trinajstić information content (AvgIpc) is 2.83. The lowest BCUT2D eigenvalue weighted by Gasteiger charge is -2.24. The largest absolute Gasteiger partial charge is 0.325 e. The predicted molar refractivity (Wildman–Crippen MR) is 104 cm³/mol. The molecule has 1 spiro atoms. The molecule has 1 aromatic rings. The second kappa shape index (κ2) is 8.11. The first-order valence-electron chi connectivity index (χ1n) is 9.99. The highest BCUT2D eigenvalue weighted by Crippen LogP contribution is 2.32. The van der Waals surface area contributed by atoms with Gasteiger partial charge in [-0.3, -0.25) is 14.5 Å². The van der Waals surface area contributed by atoms with Crippen molar-refractivity contribution in [3.8, 4) is 0 Å². The van der Waals surface area contributed by atoms with Crippen LogP contribution in [0.25, 0.3) is 0 Å². The lowest BCUT2D eigenvalue weighted by atomic mass is 9.90. The standard InChI is InChI=1S/C21H29N3O3/c1-3-15(2)16-8-10-17(11-9-16)22-18(25)14-24-19(26)21(23-20(24)27)12-6-4-5-7-13-21/h8-11,15H,3-7,12-14H2,1-2H3,(H,22,25)(H,23,27)/t15-/m0/s1. The molecule has 146 valence electrons. The summed E-state index contributed by atoms with van der Waals surface area (Å²) in [4.78, 5) is 38.6. The molecular formula is C21H29N3O3. The number of imide groups is 1. The fraction of sp³-hybridized carbons (Fsp3) is 0.571. The first kappa shape index (κ1) is 19.4. The zero-order valence-corrected chi connectivity index (χ0v) is 16.2. The number of amides is 4. The van der Waals surface area contributed by atoms with Crippen LogP contribution in [0, 0.1) is 0 Å². The van der Waals surface area contributed by atoms with Crippen molar-refractivity contribution in [2.24, 2.45) is 0 Å². The first-order valence-corrected chi connectivity index (χ1v) is 9.99. The van der Waals surface area contributed by atoms with Crippen LogP contribution in [0.1, 0.15) is 70.3 Å². The summed E-state index contributed by atoms with van der Waals surface area (Å²) in [5, 5.41) is 5.65. The number of carbonyl (C=O) groups is 3. The zero-order valence-electron chi connectivity index (χ0n) is 16.2. The fourth-order valence-electron chi connectivity index (χ4n) is 3.97. The minimum atomic E-state index is -0.800. The zero-order chi connectivity index (χ0) is 19.4. The van der Waals surface area contributed by atoms with Gasteiger partial charge in [0.1, 0.15) is 12.1 Å². The van der Waals surface area contributed by atoms with E-state index in [4.69, 9.17) is 0 Å². The Bertz CT molecular complexity index is 706. The summed E-state index contributed by atoms with van der Waals surface area (Å²) in [6.45, 7) is 4.05. The maximum Gasteiger partial charge on any atom is 0.325 e. The third-order valence-corrected chi connectivity index (χ3v) is 5.88. The number of hydrogen-bond donors (Lipinski definition) is 2. The van der Waals surface area contributed by atoms with Gasteiger partial charge in [-0.25, -0.2) is 4.79 Å². The quantitative estimate of drug-likeness (QED) is 0.773. The highest BCUT2D eigenvalue weighted by atomic mass is 16.2. The van der Waals surface area contributed by atoms with Crippen molar-refractivity contribution >= 4 is 23.5 Å². The molecule has 4 amide bonds. The molecule has 0 unspecified atom stereocenters. The van der Waals surface area contributed by atoms with Crippen LogP contribution < -0.4 is 10.6 Å². The monoisotopic (exact) mass is 371 g/mol. The Morgan fingerprint density at radius 2 is 1.78 bits per heavy atom. The Hall–Kier alpha value is -2.37. The Balaban J connectivity index is 1.62. The van der Waals surface area contributed by atoms with Gasteiger partial charge in [-0.1, -0.05) is 51.7 Å². The van der Waals surface area contributed by atoms with Crippen molar-refractivity contribution < 1.29 is 14.4 Å². The molecule has 0 bridgehead atoms. The van der Waals surface area contributed by atoms with Gasteiger partial charge < -0.3 is 10.6 Å². The molecule has 1 saturated carbocycles. The van der Waals surface area contributed by atoms with Crippen LogP contribution >= 0.6 is 0 Å². The molecule has 2 fully saturated rings. The SMILES string of the molecule is CC[C@H](C)c1ccc(NC(=O)CN2C(=O)NC3(CCCCCC3)C2=O)cc1. The number of nitrogens with zero attached hydrogens (tertiary/aromatic N) is 1. The van der Waals surface area contributed by atoms with E-state index in [9.17, 15) is 14.4 Å². The van der Waals surface area contributed by atoms with Crippen LogP contribution in [-0.4, -0.2) is 34.8 Å². The predicted octanol–water partition coefficient (Wildman–Crippen LogP) is 3.78. The molecule has 6 nitrogen and oxygen atoms in total. The van der Waals surface area contributed by atoms with E-state index in [1.54, 1.807) is 0 Å². The molecule has 27 heavy (non-hydrogen) atoms. The molecule has 2 N–H and O–H groups in total. The maximum atomic E-state index is 12.8. The van der Waals surface area contributed by atoms with Crippen molar-refractivity contribution in [2.75, 3.05) is 11.9 Å². The van der Waals surface area contributed by atoms with E-state index in [2.05, 4.69) is 24.5 Å². The second-order valence-corrected chi connectivity index (χ2v) is 7.80. The van der Waals surface area contributed by atoms with Crippen molar-refractivity contribution in [3.63, 3.8) is 0 Å². The minimum absolute atomic E-state index is 0.250. The van der Waals surface area contributed by atoms with Gasteiger partial charge in [-0.15, -0.1) is 0 Å². The number of anilines is 1. The van der Waals surface area contributed by atoms with E-state index >= 15 is 0 Å². The van der Waals surface area contributed by atoms with Gasteiger partial charge in [0, 0.05) is 5.69 Å². The lowest BCUT2D eigenvalue weighted by Crippen LogP contribution is -2.47. The number of rotatable bonds is 5. The van der Waals surface area contributed by atoms with E-state index < -0.39 is 11.6 Å². The second-order valence-electron chi connectivity index (χ2n) is 7.80. The number of hydrogen-bond acceptors (Lipinski definition) is 3. The van der Waals surface area contributed by atoms with Crippen LogP contribution in [0.15, 0.2) is 24.3 Å². The fourth-order valence-corrected chi connectivity index (χ4v) is 3.97. The lowest BCUT2D eigenvalue weighted by molar-refractivity contribution is -0.134. The minimum Gasteiger partial charge on any atom is -0.325 e. The summed E-state index contributed by atoms with van der Waals surface area (Å²) in [6, 6.07) is 7.26. The third kappa shape index (κ3) is 4.15. The highest BCUT2D eigenvalue weighted by Gasteiger charge is 2.51. The molecule has 1 aliphatic carbocycles. The van der Waals surface area contributed by atoms with Crippen LogP contribution in [0.4, 0.5) is 10.5 Å². The first-order chi connectivity index (χ1) is 12.9. The topological polar surface area (TPSA) is 78.5 Å². The molecule has 1 saturated heterocycles. The molecule has 1 heterocycles. The molecule has 0 aromatic heterocycles. The van der Waals surface area contributed by atoms with E-state index in [-0.39, 0.29) is 18.4 Å². The molecule has 1 aromatic carbocycles. The third-order valence-electron chi connectivity index (χ3n) is 5.88. The summed E-state index contributed by atoms with van der Waals surface area (Å²) in [7, 11) is 0. The maximum absolute atomic E-state index is 12.8. The van der Waals surface area contributed by atoms with Crippen LogP contribution in [-0.2, 0) is 9.59 Å². The summed E-state index contributed by atoms with van der Waals surface area (Å²) >= 11 is 0. The highest BCUT2D eigenvalue weighted by molar-refractivity contribution is 6.10. The molecular weight excluding hydrogens is 342 g/mol. The molecule has 1 aliphatic heterocycles. The normalized spacial score (nSPS) is 20.3. The molecule has 3 rings (SSSR count). The van der Waals surface area contributed by atoms with Gasteiger partial charge in [0.2, 0.25) is 5.91 Å². The van der Waals surface area contributed by atoms with Gasteiger partial charge in [0.25, 0.3) is 5.91 Å². The Labute approximate surface area is 160 Å². The van der Waals surface area contributed by atoms with E-state index in [0.29, 0.717) is 24.4 Å². The van der Waals surface area contributed by atoms with Crippen molar-refractivity contribution in [2.45, 2.75) is 70.3 Å². The Morgan fingerprint density at radius 3 is 2.37 bits per heavy atom. The van der Waals surface area contributed by atoms with Gasteiger partial charge in [-0.2, -0.15) is 0 Å². The van der Waals surface area contributed by atoms with Crippen LogP contribution in [0.2, 0.25) is 0 Å². The van der Waals surface area contributed by atoms with Crippen molar-refractivity contribution in [3.05, 3.63) is 29.8 Å². The van der Waals surface area contributed by atoms with Gasteiger partial charge in [0.05, 0.1) is 0 Å². The molecule has 0 radical (unpaired) electrons. The summed E-state index contributed by atoms with van der Waals surface area (Å²) < 4.78 is 0. The molecule has 2 aliphatic rings. The molecule has 6 heteroatoms. The van der Waals surface area contributed by atoms with Crippen LogP contribution in [0.5, 0.6) is 0 Å². The number of carbonyl (C=O) groups excluding carboxylic acids is 3. The van der Waals surface area contributed by atoms with Crippen LogP contribution in [0.3, 0.4) is 0 Å². The number of urea groups is 1. The van der Waals surface area contributed by atoms with E-state index in [0.717, 1.165) is 37.0 Å². The van der Waals surface area contributed by atoms with E-state index in [1.165, 1.54) is 5.56 Å². The van der Waals surface area contributed by atoms with Gasteiger partial charge >= 0.3 is 6.03 Å².